The summed E-state index contributed by atoms with van der Waals surface area (Å²) in [4.78, 5) is 14.7. The Hall–Kier alpha value is -3.22. The summed E-state index contributed by atoms with van der Waals surface area (Å²) in [7, 11) is -0.925. The molecular weight excluding hydrogens is 682 g/mol. The van der Waals surface area contributed by atoms with Crippen LogP contribution >= 0.6 is 8.60 Å². The molecule has 11 nitrogen and oxygen atoms in total. The van der Waals surface area contributed by atoms with Crippen LogP contribution < -0.4 is 5.73 Å². The zero-order chi connectivity index (χ0) is 37.4. The highest BCUT2D eigenvalue weighted by Gasteiger charge is 2.32. The summed E-state index contributed by atoms with van der Waals surface area (Å²) in [6.45, 7) is 2.18. The SMILES string of the molecule is CCCCCCCCCCCCCCCCCC(COP(O)OCC(C#N)(CCc1ccc2c(N)ncnn12)OC)OCc1cc(F)cc(C#N)c1. The fourth-order valence-electron chi connectivity index (χ4n) is 6.21. The highest BCUT2D eigenvalue weighted by Crippen LogP contribution is 2.36. The zero-order valence-electron chi connectivity index (χ0n) is 31.1. The molecule has 0 bridgehead atoms. The van der Waals surface area contributed by atoms with Gasteiger partial charge in [0.15, 0.2) is 11.4 Å². The Morgan fingerprint density at radius 2 is 1.60 bits per heavy atom. The molecule has 3 atom stereocenters. The number of hydrogen-bond donors (Lipinski definition) is 2. The van der Waals surface area contributed by atoms with Gasteiger partial charge in [-0.05, 0) is 55.2 Å². The standard InChI is InChI=1S/C39H58FN6O5P/c1-3-4-5-6-7-8-9-10-11-12-13-14-15-16-17-18-36(49-27-33-23-32(26-41)24-34(40)25-33)28-50-52(47)51-30-39(29-42,48-2)22-21-35-19-20-37-38(43)44-31-45-46(35)37/h19-20,23-25,31,36,47H,3-18,21-22,27-28,30H2,1-2H3,(H2,43,44,45). The molecule has 1 aromatic carbocycles. The summed E-state index contributed by atoms with van der Waals surface area (Å²) in [5.74, 6) is -0.141. The maximum atomic E-state index is 14.0. The third-order valence-electron chi connectivity index (χ3n) is 9.42. The lowest BCUT2D eigenvalue weighted by atomic mass is 9.99. The van der Waals surface area contributed by atoms with Crippen LogP contribution in [0.3, 0.4) is 0 Å². The average Bonchev–Trinajstić information content (AvgIpc) is 3.58. The van der Waals surface area contributed by atoms with Gasteiger partial charge in [-0.15, -0.1) is 0 Å². The number of hydrogen-bond acceptors (Lipinski definition) is 10. The van der Waals surface area contributed by atoms with E-state index in [0.717, 1.165) is 25.0 Å². The summed E-state index contributed by atoms with van der Waals surface area (Å²) in [5.41, 5.74) is 6.87. The second-order valence-corrected chi connectivity index (χ2v) is 14.5. The van der Waals surface area contributed by atoms with Crippen LogP contribution in [0.2, 0.25) is 0 Å². The maximum Gasteiger partial charge on any atom is 0.330 e. The molecule has 3 aromatic rings. The number of anilines is 1. The van der Waals surface area contributed by atoms with E-state index in [1.807, 2.05) is 18.2 Å². The molecule has 3 rings (SSSR count). The molecule has 0 aliphatic heterocycles. The van der Waals surface area contributed by atoms with Crippen molar-refractivity contribution in [2.24, 2.45) is 0 Å². The molecule has 0 amide bonds. The molecule has 286 valence electrons. The number of unbranched alkanes of at least 4 members (excludes halogenated alkanes) is 14. The van der Waals surface area contributed by atoms with Crippen molar-refractivity contribution in [2.45, 2.75) is 141 Å². The zero-order valence-corrected chi connectivity index (χ0v) is 32.0. The molecule has 13 heteroatoms. The van der Waals surface area contributed by atoms with Crippen molar-refractivity contribution < 1.29 is 27.8 Å². The third-order valence-corrected chi connectivity index (χ3v) is 10.1. The molecule has 0 saturated carbocycles. The molecule has 0 spiro atoms. The van der Waals surface area contributed by atoms with Gasteiger partial charge in [0.05, 0.1) is 37.6 Å². The van der Waals surface area contributed by atoms with E-state index < -0.39 is 26.1 Å². The van der Waals surface area contributed by atoms with Crippen molar-refractivity contribution in [2.75, 3.05) is 26.1 Å². The number of nitrogens with two attached hydrogens (primary N) is 1. The molecule has 0 aliphatic carbocycles. The fraction of sp³-hybridized carbons (Fsp3) is 0.641. The van der Waals surface area contributed by atoms with Crippen LogP contribution in [0.1, 0.15) is 133 Å². The van der Waals surface area contributed by atoms with Crippen LogP contribution in [-0.2, 0) is 31.5 Å². The highest BCUT2D eigenvalue weighted by molar-refractivity contribution is 7.40. The topological polar surface area (TPSA) is 161 Å². The molecule has 52 heavy (non-hydrogen) atoms. The lowest BCUT2D eigenvalue weighted by Gasteiger charge is -2.26. The molecule has 0 saturated heterocycles. The molecular formula is C39H58FN6O5P. The van der Waals surface area contributed by atoms with E-state index in [-0.39, 0.29) is 31.8 Å². The van der Waals surface area contributed by atoms with Gasteiger partial charge in [0.2, 0.25) is 0 Å². The predicted octanol–water partition coefficient (Wildman–Crippen LogP) is 9.26. The van der Waals surface area contributed by atoms with Gasteiger partial charge in [-0.3, -0.25) is 0 Å². The van der Waals surface area contributed by atoms with Gasteiger partial charge in [-0.2, -0.15) is 15.6 Å². The molecule has 0 fully saturated rings. The summed E-state index contributed by atoms with van der Waals surface area (Å²) < 4.78 is 38.7. The minimum absolute atomic E-state index is 0.0467. The van der Waals surface area contributed by atoms with Crippen LogP contribution in [0.4, 0.5) is 10.2 Å². The number of halogens is 1. The number of methoxy groups -OCH3 is 1. The molecule has 3 unspecified atom stereocenters. The Bertz CT molecular complexity index is 1530. The Morgan fingerprint density at radius 3 is 2.21 bits per heavy atom. The maximum absolute atomic E-state index is 14.0. The first kappa shape index (κ1) is 43.2. The van der Waals surface area contributed by atoms with E-state index in [1.54, 1.807) is 10.6 Å². The number of aryl methyl sites for hydroxylation is 1. The molecule has 2 aromatic heterocycles. The van der Waals surface area contributed by atoms with Gasteiger partial charge in [-0.25, -0.2) is 13.9 Å². The second kappa shape index (κ2) is 24.9. The van der Waals surface area contributed by atoms with Crippen LogP contribution in [0, 0.1) is 28.5 Å². The minimum atomic E-state index is -2.35. The fourth-order valence-corrected chi connectivity index (χ4v) is 6.89. The van der Waals surface area contributed by atoms with E-state index in [1.165, 1.54) is 103 Å². The summed E-state index contributed by atoms with van der Waals surface area (Å²) in [6, 6.07) is 12.0. The molecule has 2 heterocycles. The Labute approximate surface area is 310 Å². The first-order chi connectivity index (χ1) is 25.3. The van der Waals surface area contributed by atoms with Crippen molar-refractivity contribution >= 4 is 19.9 Å². The number of benzene rings is 1. The van der Waals surface area contributed by atoms with Crippen LogP contribution in [0.15, 0.2) is 36.7 Å². The van der Waals surface area contributed by atoms with E-state index in [9.17, 15) is 19.8 Å². The number of nitrogen functional groups attached to an aromatic ring is 1. The first-order valence-electron chi connectivity index (χ1n) is 18.9. The quantitative estimate of drug-likeness (QED) is 0.0518. The van der Waals surface area contributed by atoms with Gasteiger partial charge >= 0.3 is 8.60 Å². The van der Waals surface area contributed by atoms with E-state index in [2.05, 4.69) is 23.1 Å². The molecule has 0 radical (unpaired) electrons. The summed E-state index contributed by atoms with van der Waals surface area (Å²) in [6.07, 6.45) is 21.4. The van der Waals surface area contributed by atoms with Gasteiger partial charge < -0.3 is 29.1 Å². The Kier molecular flexibility index (Phi) is 20.7. The number of nitriles is 2. The van der Waals surface area contributed by atoms with E-state index >= 15 is 0 Å². The largest absolute Gasteiger partial charge is 0.382 e. The van der Waals surface area contributed by atoms with E-state index in [0.29, 0.717) is 29.7 Å². The first-order valence-corrected chi connectivity index (χ1v) is 20.1. The second-order valence-electron chi connectivity index (χ2n) is 13.5. The summed E-state index contributed by atoms with van der Waals surface area (Å²) >= 11 is 0. The van der Waals surface area contributed by atoms with Crippen molar-refractivity contribution in [3.8, 4) is 12.1 Å². The van der Waals surface area contributed by atoms with Crippen LogP contribution in [0.25, 0.3) is 5.52 Å². The lowest BCUT2D eigenvalue weighted by molar-refractivity contribution is -0.0212. The summed E-state index contributed by atoms with van der Waals surface area (Å²) in [5, 5.41) is 23.5. The van der Waals surface area contributed by atoms with Crippen molar-refractivity contribution in [3.05, 3.63) is 59.3 Å². The van der Waals surface area contributed by atoms with Crippen molar-refractivity contribution in [1.29, 1.82) is 10.5 Å². The van der Waals surface area contributed by atoms with E-state index in [4.69, 9.17) is 24.3 Å². The Balaban J connectivity index is 1.42. The molecule has 3 N–H and O–H groups in total. The minimum Gasteiger partial charge on any atom is -0.382 e. The average molecular weight is 741 g/mol. The van der Waals surface area contributed by atoms with Gasteiger partial charge in [0, 0.05) is 12.8 Å². The number of rotatable bonds is 29. The van der Waals surface area contributed by atoms with Crippen molar-refractivity contribution in [3.63, 3.8) is 0 Å². The molecule has 0 aliphatic rings. The van der Waals surface area contributed by atoms with Crippen LogP contribution in [0.5, 0.6) is 0 Å². The highest BCUT2D eigenvalue weighted by atomic mass is 31.2. The lowest BCUT2D eigenvalue weighted by Crippen LogP contribution is -2.35. The number of aromatic nitrogens is 3. The third kappa shape index (κ3) is 15.8. The van der Waals surface area contributed by atoms with Crippen molar-refractivity contribution in [1.82, 2.24) is 14.6 Å². The van der Waals surface area contributed by atoms with Gasteiger partial charge in [-0.1, -0.05) is 103 Å². The Morgan fingerprint density at radius 1 is 0.942 bits per heavy atom. The number of ether oxygens (including phenoxy) is 2. The normalized spacial score (nSPS) is 13.8. The predicted molar refractivity (Wildman–Crippen MR) is 201 cm³/mol. The van der Waals surface area contributed by atoms with Gasteiger partial charge in [0.1, 0.15) is 23.7 Å². The monoisotopic (exact) mass is 740 g/mol. The van der Waals surface area contributed by atoms with Crippen LogP contribution in [-0.4, -0.2) is 51.5 Å². The smallest absolute Gasteiger partial charge is 0.330 e. The van der Waals surface area contributed by atoms with Gasteiger partial charge in [0.25, 0.3) is 0 Å². The number of nitrogens with zero attached hydrogens (tertiary/aromatic N) is 5. The number of fused-ring (bicyclic) bond motifs is 1.